The van der Waals surface area contributed by atoms with Gasteiger partial charge in [-0.25, -0.2) is 0 Å². The van der Waals surface area contributed by atoms with E-state index < -0.39 is 0 Å². The van der Waals surface area contributed by atoms with Crippen LogP contribution >= 0.6 is 0 Å². The molecule has 0 aromatic carbocycles. The van der Waals surface area contributed by atoms with Gasteiger partial charge in [-0.05, 0) is 20.8 Å². The van der Waals surface area contributed by atoms with Crippen LogP contribution in [0.3, 0.4) is 0 Å². The number of piperazine rings is 1. The average molecular weight is 199 g/mol. The Balaban J connectivity index is 2.31. The van der Waals surface area contributed by atoms with Crippen LogP contribution in [0.4, 0.5) is 0 Å². The molecule has 1 fully saturated rings. The molecule has 0 spiro atoms. The summed E-state index contributed by atoms with van der Waals surface area (Å²) >= 11 is 0. The third-order valence-electron chi connectivity index (χ3n) is 2.44. The molecule has 1 aliphatic heterocycles. The fourth-order valence-electron chi connectivity index (χ4n) is 1.67. The van der Waals surface area contributed by atoms with E-state index in [1.807, 2.05) is 13.8 Å². The van der Waals surface area contributed by atoms with Crippen molar-refractivity contribution < 1.29 is 4.79 Å². The second-order valence-corrected chi connectivity index (χ2v) is 4.25. The zero-order chi connectivity index (χ0) is 10.6. The Morgan fingerprint density at radius 3 is 2.93 bits per heavy atom. The molecule has 1 heterocycles. The highest BCUT2D eigenvalue weighted by Crippen LogP contribution is 2.01. The van der Waals surface area contributed by atoms with E-state index in [0.29, 0.717) is 12.6 Å². The van der Waals surface area contributed by atoms with Crippen LogP contribution in [0.2, 0.25) is 0 Å². The summed E-state index contributed by atoms with van der Waals surface area (Å²) in [5, 5.41) is 6.21. The van der Waals surface area contributed by atoms with E-state index in [0.717, 1.165) is 19.6 Å². The van der Waals surface area contributed by atoms with E-state index in [1.165, 1.54) is 0 Å². The SMILES string of the molecule is CC(C)NC(=O)CN1CCNC[C@H]1C. The zero-order valence-corrected chi connectivity index (χ0v) is 9.34. The molecular formula is C10H21N3O. The van der Waals surface area contributed by atoms with E-state index in [-0.39, 0.29) is 11.9 Å². The Morgan fingerprint density at radius 2 is 2.36 bits per heavy atom. The maximum Gasteiger partial charge on any atom is 0.234 e. The molecule has 4 nitrogen and oxygen atoms in total. The lowest BCUT2D eigenvalue weighted by molar-refractivity contribution is -0.123. The highest BCUT2D eigenvalue weighted by Gasteiger charge is 2.20. The number of carbonyl (C=O) groups excluding carboxylic acids is 1. The number of amides is 1. The van der Waals surface area contributed by atoms with E-state index in [1.54, 1.807) is 0 Å². The molecule has 0 saturated carbocycles. The minimum atomic E-state index is 0.133. The van der Waals surface area contributed by atoms with Crippen LogP contribution in [-0.2, 0) is 4.79 Å². The van der Waals surface area contributed by atoms with Crippen molar-refractivity contribution in [2.24, 2.45) is 0 Å². The molecule has 0 bridgehead atoms. The number of hydrogen-bond acceptors (Lipinski definition) is 3. The van der Waals surface area contributed by atoms with Crippen molar-refractivity contribution in [2.45, 2.75) is 32.9 Å². The highest BCUT2D eigenvalue weighted by atomic mass is 16.2. The maximum absolute atomic E-state index is 11.5. The summed E-state index contributed by atoms with van der Waals surface area (Å²) in [6.07, 6.45) is 0. The first kappa shape index (κ1) is 11.5. The average Bonchev–Trinajstić information content (AvgIpc) is 2.07. The lowest BCUT2D eigenvalue weighted by atomic mass is 10.2. The molecule has 1 atom stereocenters. The van der Waals surface area contributed by atoms with Gasteiger partial charge in [0.05, 0.1) is 6.54 Å². The minimum Gasteiger partial charge on any atom is -0.353 e. The Morgan fingerprint density at radius 1 is 1.64 bits per heavy atom. The van der Waals surface area contributed by atoms with E-state index >= 15 is 0 Å². The Labute approximate surface area is 86.0 Å². The number of nitrogens with zero attached hydrogens (tertiary/aromatic N) is 1. The number of carbonyl (C=O) groups is 1. The Kier molecular flexibility index (Phi) is 4.35. The molecule has 1 amide bonds. The maximum atomic E-state index is 11.5. The molecule has 14 heavy (non-hydrogen) atoms. The summed E-state index contributed by atoms with van der Waals surface area (Å²) in [5.41, 5.74) is 0. The van der Waals surface area contributed by atoms with Crippen LogP contribution in [0, 0.1) is 0 Å². The molecule has 82 valence electrons. The highest BCUT2D eigenvalue weighted by molar-refractivity contribution is 5.78. The quantitative estimate of drug-likeness (QED) is 0.662. The van der Waals surface area contributed by atoms with Gasteiger partial charge in [-0.2, -0.15) is 0 Å². The third-order valence-corrected chi connectivity index (χ3v) is 2.44. The molecule has 4 heteroatoms. The van der Waals surface area contributed by atoms with Gasteiger partial charge >= 0.3 is 0 Å². The van der Waals surface area contributed by atoms with Crippen LogP contribution in [0.1, 0.15) is 20.8 Å². The standard InChI is InChI=1S/C10H21N3O/c1-8(2)12-10(14)7-13-5-4-11-6-9(13)3/h8-9,11H,4-7H2,1-3H3,(H,12,14)/t9-/m1/s1. The molecule has 0 aromatic heterocycles. The fourth-order valence-corrected chi connectivity index (χ4v) is 1.67. The normalized spacial score (nSPS) is 23.9. The van der Waals surface area contributed by atoms with Gasteiger partial charge in [-0.3, -0.25) is 9.69 Å². The number of nitrogens with one attached hydrogen (secondary N) is 2. The van der Waals surface area contributed by atoms with Crippen LogP contribution < -0.4 is 10.6 Å². The summed E-state index contributed by atoms with van der Waals surface area (Å²) < 4.78 is 0. The second-order valence-electron chi connectivity index (χ2n) is 4.25. The topological polar surface area (TPSA) is 44.4 Å². The van der Waals surface area contributed by atoms with Gasteiger partial charge in [-0.1, -0.05) is 0 Å². The van der Waals surface area contributed by atoms with Gasteiger partial charge in [0.25, 0.3) is 0 Å². The van der Waals surface area contributed by atoms with Crippen LogP contribution in [0.25, 0.3) is 0 Å². The molecular weight excluding hydrogens is 178 g/mol. The molecule has 2 N–H and O–H groups in total. The lowest BCUT2D eigenvalue weighted by Gasteiger charge is -2.33. The fraction of sp³-hybridized carbons (Fsp3) is 0.900. The minimum absolute atomic E-state index is 0.133. The van der Waals surface area contributed by atoms with Gasteiger partial charge in [0.15, 0.2) is 0 Å². The predicted octanol–water partition coefficient (Wildman–Crippen LogP) is -0.195. The van der Waals surface area contributed by atoms with Gasteiger partial charge in [0.2, 0.25) is 5.91 Å². The molecule has 1 saturated heterocycles. The summed E-state index contributed by atoms with van der Waals surface area (Å²) in [6, 6.07) is 0.697. The smallest absolute Gasteiger partial charge is 0.234 e. The number of rotatable bonds is 3. The largest absolute Gasteiger partial charge is 0.353 e. The molecule has 0 unspecified atom stereocenters. The summed E-state index contributed by atoms with van der Waals surface area (Å²) in [7, 11) is 0. The lowest BCUT2D eigenvalue weighted by Crippen LogP contribution is -2.53. The first-order valence-corrected chi connectivity index (χ1v) is 5.33. The van der Waals surface area contributed by atoms with Crippen molar-refractivity contribution in [1.82, 2.24) is 15.5 Å². The summed E-state index contributed by atoms with van der Waals surface area (Å²) in [5.74, 6) is 0.133. The van der Waals surface area contributed by atoms with Gasteiger partial charge in [0, 0.05) is 31.7 Å². The summed E-state index contributed by atoms with van der Waals surface area (Å²) in [4.78, 5) is 13.7. The molecule has 1 rings (SSSR count). The second kappa shape index (κ2) is 5.32. The first-order chi connectivity index (χ1) is 6.59. The molecule has 0 radical (unpaired) electrons. The van der Waals surface area contributed by atoms with Crippen molar-refractivity contribution in [3.05, 3.63) is 0 Å². The Hall–Kier alpha value is -0.610. The van der Waals surface area contributed by atoms with Gasteiger partial charge < -0.3 is 10.6 Å². The third kappa shape index (κ3) is 3.64. The van der Waals surface area contributed by atoms with Crippen LogP contribution in [-0.4, -0.2) is 49.1 Å². The van der Waals surface area contributed by atoms with Crippen LogP contribution in [0.15, 0.2) is 0 Å². The first-order valence-electron chi connectivity index (χ1n) is 5.33. The predicted molar refractivity (Wildman–Crippen MR) is 57.2 cm³/mol. The van der Waals surface area contributed by atoms with Crippen molar-refractivity contribution in [2.75, 3.05) is 26.2 Å². The van der Waals surface area contributed by atoms with Crippen molar-refractivity contribution in [3.63, 3.8) is 0 Å². The Bertz CT molecular complexity index is 194. The van der Waals surface area contributed by atoms with Crippen molar-refractivity contribution in [3.8, 4) is 0 Å². The monoisotopic (exact) mass is 199 g/mol. The molecule has 1 aliphatic rings. The molecule has 0 aliphatic carbocycles. The zero-order valence-electron chi connectivity index (χ0n) is 9.34. The number of hydrogen-bond donors (Lipinski definition) is 2. The van der Waals surface area contributed by atoms with E-state index in [9.17, 15) is 4.79 Å². The summed E-state index contributed by atoms with van der Waals surface area (Å²) in [6.45, 7) is 9.58. The van der Waals surface area contributed by atoms with E-state index in [4.69, 9.17) is 0 Å². The van der Waals surface area contributed by atoms with Crippen molar-refractivity contribution in [1.29, 1.82) is 0 Å². The van der Waals surface area contributed by atoms with E-state index in [2.05, 4.69) is 22.5 Å². The van der Waals surface area contributed by atoms with Crippen LogP contribution in [0.5, 0.6) is 0 Å². The van der Waals surface area contributed by atoms with Crippen molar-refractivity contribution >= 4 is 5.91 Å². The molecule has 0 aromatic rings. The van der Waals surface area contributed by atoms with Gasteiger partial charge in [-0.15, -0.1) is 0 Å². The van der Waals surface area contributed by atoms with Gasteiger partial charge in [0.1, 0.15) is 0 Å².